The monoisotopic (exact) mass is 256 g/mol. The van der Waals surface area contributed by atoms with Crippen LogP contribution in [0.5, 0.6) is 0 Å². The highest BCUT2D eigenvalue weighted by atomic mass is 32.1. The highest BCUT2D eigenvalue weighted by molar-refractivity contribution is 7.11. The number of amides is 1. The van der Waals surface area contributed by atoms with Crippen molar-refractivity contribution < 1.29 is 14.3 Å². The number of nitrogens with one attached hydrogen (secondary N) is 1. The van der Waals surface area contributed by atoms with E-state index < -0.39 is 11.6 Å². The molecule has 1 N–H and O–H groups in total. The first-order valence-corrected chi connectivity index (χ1v) is 6.07. The van der Waals surface area contributed by atoms with Crippen LogP contribution in [0.2, 0.25) is 0 Å². The van der Waals surface area contributed by atoms with Crippen molar-refractivity contribution in [2.45, 2.75) is 33.3 Å². The lowest BCUT2D eigenvalue weighted by Crippen LogP contribution is -2.34. The van der Waals surface area contributed by atoms with E-state index in [0.29, 0.717) is 10.6 Å². The maximum Gasteiger partial charge on any atom is 0.325 e. The summed E-state index contributed by atoms with van der Waals surface area (Å²) in [6, 6.07) is 0. The summed E-state index contributed by atoms with van der Waals surface area (Å²) < 4.78 is 5.07. The van der Waals surface area contributed by atoms with Crippen molar-refractivity contribution in [3.8, 4) is 0 Å². The summed E-state index contributed by atoms with van der Waals surface area (Å²) in [5.74, 6) is -0.746. The van der Waals surface area contributed by atoms with Gasteiger partial charge < -0.3 is 10.1 Å². The standard InChI is InChI=1S/C11H16N2O3S/c1-7-9(17-6-13-7)10(15)12-5-8(14)16-11(2,3)4/h6H,5H2,1-4H3,(H,12,15). The normalized spacial score (nSPS) is 11.1. The third kappa shape index (κ3) is 4.52. The second kappa shape index (κ2) is 5.27. The Morgan fingerprint density at radius 2 is 2.12 bits per heavy atom. The highest BCUT2D eigenvalue weighted by Gasteiger charge is 2.18. The number of ether oxygens (including phenoxy) is 1. The second-order valence-corrected chi connectivity index (χ2v) is 5.39. The van der Waals surface area contributed by atoms with Crippen LogP contribution in [0, 0.1) is 6.92 Å². The van der Waals surface area contributed by atoms with Gasteiger partial charge in [-0.2, -0.15) is 0 Å². The summed E-state index contributed by atoms with van der Waals surface area (Å²) in [4.78, 5) is 27.5. The zero-order valence-electron chi connectivity index (χ0n) is 10.4. The lowest BCUT2D eigenvalue weighted by molar-refractivity contribution is -0.153. The first-order valence-electron chi connectivity index (χ1n) is 5.20. The van der Waals surface area contributed by atoms with Gasteiger partial charge >= 0.3 is 5.97 Å². The maximum absolute atomic E-state index is 11.6. The largest absolute Gasteiger partial charge is 0.459 e. The van der Waals surface area contributed by atoms with Crippen molar-refractivity contribution >= 4 is 23.2 Å². The number of hydrogen-bond donors (Lipinski definition) is 1. The molecule has 0 unspecified atom stereocenters. The van der Waals surface area contributed by atoms with Crippen LogP contribution in [0.4, 0.5) is 0 Å². The highest BCUT2D eigenvalue weighted by Crippen LogP contribution is 2.11. The molecular formula is C11H16N2O3S. The number of aromatic nitrogens is 1. The first-order chi connectivity index (χ1) is 7.79. The number of carbonyl (C=O) groups is 2. The molecule has 1 aromatic heterocycles. The van der Waals surface area contributed by atoms with Gasteiger partial charge in [0, 0.05) is 0 Å². The molecule has 1 aromatic rings. The van der Waals surface area contributed by atoms with E-state index >= 15 is 0 Å². The number of rotatable bonds is 3. The second-order valence-electron chi connectivity index (χ2n) is 4.54. The molecular weight excluding hydrogens is 240 g/mol. The summed E-state index contributed by atoms with van der Waals surface area (Å²) in [5.41, 5.74) is 1.72. The molecule has 0 saturated heterocycles. The molecule has 0 saturated carbocycles. The van der Waals surface area contributed by atoms with Crippen LogP contribution in [-0.2, 0) is 9.53 Å². The fourth-order valence-corrected chi connectivity index (χ4v) is 1.85. The van der Waals surface area contributed by atoms with Crippen LogP contribution in [-0.4, -0.2) is 29.0 Å². The van der Waals surface area contributed by atoms with Crippen LogP contribution >= 0.6 is 11.3 Å². The Kier molecular flexibility index (Phi) is 4.22. The van der Waals surface area contributed by atoms with Crippen molar-refractivity contribution in [3.63, 3.8) is 0 Å². The van der Waals surface area contributed by atoms with Crippen LogP contribution in [0.25, 0.3) is 0 Å². The number of esters is 1. The van der Waals surface area contributed by atoms with Gasteiger partial charge in [0.05, 0.1) is 11.2 Å². The Morgan fingerprint density at radius 1 is 1.47 bits per heavy atom. The van der Waals surface area contributed by atoms with Crippen molar-refractivity contribution in [3.05, 3.63) is 16.1 Å². The van der Waals surface area contributed by atoms with Gasteiger partial charge in [-0.05, 0) is 27.7 Å². The number of thiazole rings is 1. The van der Waals surface area contributed by atoms with Crippen molar-refractivity contribution in [2.75, 3.05) is 6.54 Å². The molecule has 0 fully saturated rings. The SMILES string of the molecule is Cc1ncsc1C(=O)NCC(=O)OC(C)(C)C. The molecule has 0 aliphatic heterocycles. The molecule has 1 heterocycles. The summed E-state index contributed by atoms with van der Waals surface area (Å²) in [5, 5.41) is 2.51. The number of aryl methyl sites for hydroxylation is 1. The Balaban J connectivity index is 2.45. The summed E-state index contributed by atoms with van der Waals surface area (Å²) in [7, 11) is 0. The van der Waals surface area contributed by atoms with Gasteiger partial charge in [0.1, 0.15) is 17.0 Å². The third-order valence-electron chi connectivity index (χ3n) is 1.77. The Labute approximate surface area is 104 Å². The molecule has 1 rings (SSSR count). The number of carbonyl (C=O) groups excluding carboxylic acids is 2. The van der Waals surface area contributed by atoms with E-state index in [-0.39, 0.29) is 12.5 Å². The molecule has 17 heavy (non-hydrogen) atoms. The predicted molar refractivity (Wildman–Crippen MR) is 65.0 cm³/mol. The molecule has 0 bridgehead atoms. The van der Waals surface area contributed by atoms with Crippen molar-refractivity contribution in [2.24, 2.45) is 0 Å². The van der Waals surface area contributed by atoms with Gasteiger partial charge in [0.15, 0.2) is 0 Å². The molecule has 6 heteroatoms. The molecule has 94 valence electrons. The smallest absolute Gasteiger partial charge is 0.325 e. The van der Waals surface area contributed by atoms with Crippen LogP contribution in [0.15, 0.2) is 5.51 Å². The van der Waals surface area contributed by atoms with Crippen LogP contribution in [0.3, 0.4) is 0 Å². The molecule has 0 aliphatic rings. The minimum atomic E-state index is -0.539. The van der Waals surface area contributed by atoms with E-state index in [1.165, 1.54) is 11.3 Å². The summed E-state index contributed by atoms with van der Waals surface area (Å²) in [6.45, 7) is 6.95. The lowest BCUT2D eigenvalue weighted by Gasteiger charge is -2.19. The topological polar surface area (TPSA) is 68.3 Å². The van der Waals surface area contributed by atoms with Gasteiger partial charge in [-0.25, -0.2) is 4.98 Å². The molecule has 5 nitrogen and oxygen atoms in total. The van der Waals surface area contributed by atoms with E-state index in [2.05, 4.69) is 10.3 Å². The lowest BCUT2D eigenvalue weighted by atomic mass is 10.2. The predicted octanol–water partition coefficient (Wildman–Crippen LogP) is 1.52. The molecule has 0 aromatic carbocycles. The van der Waals surface area contributed by atoms with Crippen LogP contribution < -0.4 is 5.32 Å². The molecule has 0 radical (unpaired) electrons. The minimum Gasteiger partial charge on any atom is -0.459 e. The van der Waals surface area contributed by atoms with E-state index in [9.17, 15) is 9.59 Å². The Morgan fingerprint density at radius 3 is 2.59 bits per heavy atom. The average molecular weight is 256 g/mol. The van der Waals surface area contributed by atoms with Gasteiger partial charge in [-0.1, -0.05) is 0 Å². The van der Waals surface area contributed by atoms with Crippen molar-refractivity contribution in [1.82, 2.24) is 10.3 Å². The Hall–Kier alpha value is -1.43. The quantitative estimate of drug-likeness (QED) is 0.833. The average Bonchev–Trinajstić information content (AvgIpc) is 2.58. The third-order valence-corrected chi connectivity index (χ3v) is 2.69. The zero-order valence-corrected chi connectivity index (χ0v) is 11.2. The van der Waals surface area contributed by atoms with E-state index in [0.717, 1.165) is 0 Å². The van der Waals surface area contributed by atoms with E-state index in [4.69, 9.17) is 4.74 Å². The molecule has 1 amide bonds. The molecule has 0 atom stereocenters. The Bertz CT molecular complexity index is 421. The fraction of sp³-hybridized carbons (Fsp3) is 0.545. The summed E-state index contributed by atoms with van der Waals surface area (Å²) >= 11 is 1.25. The van der Waals surface area contributed by atoms with E-state index in [1.54, 1.807) is 33.2 Å². The maximum atomic E-state index is 11.6. The minimum absolute atomic E-state index is 0.132. The van der Waals surface area contributed by atoms with E-state index in [1.807, 2.05) is 0 Å². The van der Waals surface area contributed by atoms with Gasteiger partial charge in [0.2, 0.25) is 0 Å². The zero-order chi connectivity index (χ0) is 13.1. The number of hydrogen-bond acceptors (Lipinski definition) is 5. The van der Waals surface area contributed by atoms with Gasteiger partial charge in [-0.15, -0.1) is 11.3 Å². The molecule has 0 aliphatic carbocycles. The van der Waals surface area contributed by atoms with Gasteiger partial charge in [-0.3, -0.25) is 9.59 Å². The van der Waals surface area contributed by atoms with Crippen LogP contribution in [0.1, 0.15) is 36.1 Å². The fourth-order valence-electron chi connectivity index (χ4n) is 1.13. The van der Waals surface area contributed by atoms with Crippen molar-refractivity contribution in [1.29, 1.82) is 0 Å². The first kappa shape index (κ1) is 13.6. The summed E-state index contributed by atoms with van der Waals surface area (Å²) in [6.07, 6.45) is 0. The van der Waals surface area contributed by atoms with Gasteiger partial charge in [0.25, 0.3) is 5.91 Å². The number of nitrogens with zero attached hydrogens (tertiary/aromatic N) is 1. The molecule has 0 spiro atoms.